The summed E-state index contributed by atoms with van der Waals surface area (Å²) >= 11 is 0. The second-order valence-electron chi connectivity index (χ2n) is 6.24. The van der Waals surface area contributed by atoms with Crippen LogP contribution in [0.1, 0.15) is 0 Å². The number of fused-ring (bicyclic) bond motifs is 2. The second-order valence-corrected chi connectivity index (χ2v) is 6.24. The molecule has 0 unspecified atom stereocenters. The summed E-state index contributed by atoms with van der Waals surface area (Å²) in [7, 11) is 0. The van der Waals surface area contributed by atoms with Crippen molar-refractivity contribution in [1.82, 2.24) is 4.57 Å². The highest BCUT2D eigenvalue weighted by atomic mass is 16.6. The highest BCUT2D eigenvalue weighted by Gasteiger charge is 2.14. The minimum Gasteiger partial charge on any atom is -0.431 e. The number of aliphatic hydroxyl groups is 1. The molecule has 0 saturated carbocycles. The minimum atomic E-state index is -0.564. The first kappa shape index (κ1) is 21.3. The van der Waals surface area contributed by atoms with Crippen molar-refractivity contribution in [2.24, 2.45) is 0 Å². The lowest BCUT2D eigenvalue weighted by atomic mass is 10.1. The predicted octanol–water partition coefficient (Wildman–Crippen LogP) is 2.60. The standard InChI is InChI=1S/C11H10N2O4.C9H5NO4/c14-7-6-12-5-4-8-9(11(12)15)2-1-3-10(8)13(16)17;11-9-7-2-1-3-8(10(12)13)6(7)4-5-14-9/h1-5,14H,6-7H2;1-5H. The van der Waals surface area contributed by atoms with E-state index in [1.54, 1.807) is 6.07 Å². The second kappa shape index (κ2) is 8.97. The van der Waals surface area contributed by atoms with Gasteiger partial charge < -0.3 is 14.1 Å². The van der Waals surface area contributed by atoms with Crippen molar-refractivity contribution in [3.63, 3.8) is 0 Å². The average molecular weight is 425 g/mol. The van der Waals surface area contributed by atoms with Crippen LogP contribution in [0.25, 0.3) is 21.5 Å². The first-order chi connectivity index (χ1) is 14.8. The Morgan fingerprint density at radius 3 is 2.00 bits per heavy atom. The van der Waals surface area contributed by atoms with Gasteiger partial charge in [-0.2, -0.15) is 0 Å². The smallest absolute Gasteiger partial charge is 0.343 e. The maximum Gasteiger partial charge on any atom is 0.343 e. The normalized spacial score (nSPS) is 10.5. The van der Waals surface area contributed by atoms with Gasteiger partial charge in [0.2, 0.25) is 0 Å². The molecule has 0 aliphatic carbocycles. The van der Waals surface area contributed by atoms with E-state index in [9.17, 15) is 29.8 Å². The summed E-state index contributed by atoms with van der Waals surface area (Å²) in [6.07, 6.45) is 2.60. The van der Waals surface area contributed by atoms with E-state index in [-0.39, 0.29) is 40.9 Å². The Kier molecular flexibility index (Phi) is 6.17. The molecule has 0 bridgehead atoms. The highest BCUT2D eigenvalue weighted by Crippen LogP contribution is 2.23. The van der Waals surface area contributed by atoms with Gasteiger partial charge in [0.15, 0.2) is 0 Å². The molecule has 0 aliphatic rings. The molecule has 0 radical (unpaired) electrons. The summed E-state index contributed by atoms with van der Waals surface area (Å²) in [5.74, 6) is 0. The fourth-order valence-electron chi connectivity index (χ4n) is 3.04. The van der Waals surface area contributed by atoms with E-state index in [0.29, 0.717) is 10.8 Å². The van der Waals surface area contributed by atoms with Crippen molar-refractivity contribution in [3.8, 4) is 0 Å². The third-order valence-corrected chi connectivity index (χ3v) is 4.44. The van der Waals surface area contributed by atoms with E-state index >= 15 is 0 Å². The number of nitrogens with zero attached hydrogens (tertiary/aromatic N) is 3. The van der Waals surface area contributed by atoms with Crippen LogP contribution in [0.3, 0.4) is 0 Å². The van der Waals surface area contributed by atoms with E-state index in [0.717, 1.165) is 6.26 Å². The molecule has 158 valence electrons. The van der Waals surface area contributed by atoms with Crippen LogP contribution >= 0.6 is 0 Å². The van der Waals surface area contributed by atoms with Crippen LogP contribution in [-0.2, 0) is 6.54 Å². The number of aliphatic hydroxyl groups excluding tert-OH is 1. The van der Waals surface area contributed by atoms with E-state index < -0.39 is 15.5 Å². The van der Waals surface area contributed by atoms with Crippen molar-refractivity contribution in [1.29, 1.82) is 0 Å². The maximum atomic E-state index is 11.9. The molecule has 0 aliphatic heterocycles. The number of aromatic nitrogens is 1. The Bertz CT molecular complexity index is 1410. The summed E-state index contributed by atoms with van der Waals surface area (Å²) in [5, 5.41) is 31.3. The fourth-order valence-corrected chi connectivity index (χ4v) is 3.04. The van der Waals surface area contributed by atoms with E-state index in [2.05, 4.69) is 4.42 Å². The molecule has 2 aromatic heterocycles. The maximum absolute atomic E-state index is 11.9. The van der Waals surface area contributed by atoms with Crippen LogP contribution in [0.15, 0.2) is 75.0 Å². The molecule has 0 saturated heterocycles. The van der Waals surface area contributed by atoms with E-state index in [1.807, 2.05) is 0 Å². The molecule has 31 heavy (non-hydrogen) atoms. The molecular formula is C20H15N3O8. The zero-order valence-electron chi connectivity index (χ0n) is 15.8. The quantitative estimate of drug-likeness (QED) is 0.386. The zero-order valence-corrected chi connectivity index (χ0v) is 15.8. The fraction of sp³-hybridized carbons (Fsp3) is 0.100. The number of rotatable bonds is 4. The molecule has 1 N–H and O–H groups in total. The number of pyridine rings is 1. The first-order valence-corrected chi connectivity index (χ1v) is 8.87. The van der Waals surface area contributed by atoms with Gasteiger partial charge in [-0.05, 0) is 24.3 Å². The van der Waals surface area contributed by atoms with Crippen molar-refractivity contribution < 1.29 is 19.4 Å². The minimum absolute atomic E-state index is 0.0873. The number of non-ortho nitro benzene ring substituents is 2. The molecule has 2 heterocycles. The lowest BCUT2D eigenvalue weighted by Gasteiger charge is -2.05. The third-order valence-electron chi connectivity index (χ3n) is 4.44. The monoisotopic (exact) mass is 425 g/mol. The van der Waals surface area contributed by atoms with Gasteiger partial charge >= 0.3 is 5.63 Å². The van der Waals surface area contributed by atoms with Gasteiger partial charge in [-0.3, -0.25) is 25.0 Å². The molecule has 11 nitrogen and oxygen atoms in total. The highest BCUT2D eigenvalue weighted by molar-refractivity contribution is 5.90. The Hall–Kier alpha value is -4.38. The lowest BCUT2D eigenvalue weighted by Crippen LogP contribution is -2.21. The van der Waals surface area contributed by atoms with E-state index in [1.165, 1.54) is 53.2 Å². The number of benzene rings is 2. The van der Waals surface area contributed by atoms with Crippen molar-refractivity contribution in [2.75, 3.05) is 6.61 Å². The van der Waals surface area contributed by atoms with Crippen LogP contribution < -0.4 is 11.2 Å². The summed E-state index contributed by atoms with van der Waals surface area (Å²) in [4.78, 5) is 43.4. The Morgan fingerprint density at radius 2 is 1.42 bits per heavy atom. The van der Waals surface area contributed by atoms with Gasteiger partial charge in [-0.15, -0.1) is 0 Å². The molecule has 0 amide bonds. The Balaban J connectivity index is 0.000000179. The average Bonchev–Trinajstić information content (AvgIpc) is 2.76. The third kappa shape index (κ3) is 4.31. The van der Waals surface area contributed by atoms with Gasteiger partial charge in [0.1, 0.15) is 0 Å². The molecule has 4 aromatic rings. The van der Waals surface area contributed by atoms with Crippen LogP contribution in [-0.4, -0.2) is 26.1 Å². The number of nitro benzene ring substituents is 2. The molecule has 0 fully saturated rings. The SMILES string of the molecule is O=c1c2cccc([N+](=O)[O-])c2ccn1CCO.O=c1occc2c([N+](=O)[O-])cccc12. The largest absolute Gasteiger partial charge is 0.431 e. The number of hydrogen-bond acceptors (Lipinski definition) is 8. The Labute approximate surface area is 172 Å². The van der Waals surface area contributed by atoms with Crippen LogP contribution in [0.4, 0.5) is 11.4 Å². The van der Waals surface area contributed by atoms with Crippen molar-refractivity contribution in [3.05, 3.63) is 102 Å². The summed E-state index contributed by atoms with van der Waals surface area (Å²) < 4.78 is 5.92. The zero-order chi connectivity index (χ0) is 22.5. The van der Waals surface area contributed by atoms with Crippen LogP contribution in [0, 0.1) is 20.2 Å². The molecule has 2 aromatic carbocycles. The van der Waals surface area contributed by atoms with Crippen LogP contribution in [0.2, 0.25) is 0 Å². The molecule has 0 atom stereocenters. The predicted molar refractivity (Wildman–Crippen MR) is 111 cm³/mol. The lowest BCUT2D eigenvalue weighted by molar-refractivity contribution is -0.383. The van der Waals surface area contributed by atoms with Gasteiger partial charge in [-0.1, -0.05) is 12.1 Å². The molecule has 11 heteroatoms. The van der Waals surface area contributed by atoms with Crippen molar-refractivity contribution in [2.45, 2.75) is 6.54 Å². The number of hydrogen-bond donors (Lipinski definition) is 1. The van der Waals surface area contributed by atoms with Gasteiger partial charge in [0.25, 0.3) is 16.9 Å². The number of nitro groups is 2. The summed E-state index contributed by atoms with van der Waals surface area (Å²) in [6, 6.07) is 11.6. The first-order valence-electron chi connectivity index (χ1n) is 8.87. The summed E-state index contributed by atoms with van der Waals surface area (Å²) in [5.41, 5.74) is -1.07. The summed E-state index contributed by atoms with van der Waals surface area (Å²) in [6.45, 7) is 0.0256. The van der Waals surface area contributed by atoms with E-state index in [4.69, 9.17) is 5.11 Å². The van der Waals surface area contributed by atoms with Gasteiger partial charge in [0, 0.05) is 24.9 Å². The molecular weight excluding hydrogens is 410 g/mol. The van der Waals surface area contributed by atoms with Crippen molar-refractivity contribution >= 4 is 32.9 Å². The molecule has 0 spiro atoms. The van der Waals surface area contributed by atoms with Gasteiger partial charge in [0.05, 0.1) is 44.3 Å². The molecule has 4 rings (SSSR count). The Morgan fingerprint density at radius 1 is 0.839 bits per heavy atom. The van der Waals surface area contributed by atoms with Crippen LogP contribution in [0.5, 0.6) is 0 Å². The topological polar surface area (TPSA) is 159 Å². The van der Waals surface area contributed by atoms with Gasteiger partial charge in [-0.25, -0.2) is 4.79 Å².